The van der Waals surface area contributed by atoms with Gasteiger partial charge in [0.05, 0.1) is 18.5 Å². The van der Waals surface area contributed by atoms with Gasteiger partial charge in [-0.1, -0.05) is 54.1 Å². The van der Waals surface area contributed by atoms with Crippen LogP contribution in [0.5, 0.6) is 0 Å². The summed E-state index contributed by atoms with van der Waals surface area (Å²) >= 11 is 6.06. The van der Waals surface area contributed by atoms with E-state index in [0.29, 0.717) is 18.0 Å². The van der Waals surface area contributed by atoms with Crippen molar-refractivity contribution in [1.29, 1.82) is 0 Å². The second kappa shape index (κ2) is 10.6. The fourth-order valence-corrected chi connectivity index (χ4v) is 4.83. The molecule has 2 aliphatic heterocycles. The summed E-state index contributed by atoms with van der Waals surface area (Å²) in [6, 6.07) is 21.7. The summed E-state index contributed by atoms with van der Waals surface area (Å²) in [6.07, 6.45) is 3.31. The number of furan rings is 1. The lowest BCUT2D eigenvalue weighted by atomic mass is 10.0. The van der Waals surface area contributed by atoms with Gasteiger partial charge in [-0.25, -0.2) is 5.01 Å². The Morgan fingerprint density at radius 2 is 1.71 bits per heavy atom. The Kier molecular flexibility index (Phi) is 7.09. The number of carbonyl (C=O) groups excluding carboxylic acids is 1. The Hall–Kier alpha value is -2.93. The monoisotopic (exact) mass is 476 g/mol. The topological polar surface area (TPSA) is 52.3 Å². The van der Waals surface area contributed by atoms with E-state index in [1.165, 1.54) is 5.56 Å². The number of hydrazone groups is 1. The Morgan fingerprint density at radius 1 is 0.941 bits per heavy atom. The highest BCUT2D eigenvalue weighted by molar-refractivity contribution is 6.30. The van der Waals surface area contributed by atoms with Crippen LogP contribution in [-0.4, -0.2) is 59.2 Å². The molecular formula is C27H29ClN4O2. The van der Waals surface area contributed by atoms with Crippen LogP contribution in [0.4, 0.5) is 0 Å². The lowest BCUT2D eigenvalue weighted by Gasteiger charge is -2.25. The molecule has 2 aliphatic rings. The first-order valence-electron chi connectivity index (χ1n) is 11.8. The van der Waals surface area contributed by atoms with E-state index >= 15 is 0 Å². The van der Waals surface area contributed by atoms with Crippen molar-refractivity contribution in [3.05, 3.63) is 94.9 Å². The Bertz CT molecular complexity index is 1120. The van der Waals surface area contributed by atoms with E-state index in [4.69, 9.17) is 21.1 Å². The molecule has 7 heteroatoms. The van der Waals surface area contributed by atoms with Crippen LogP contribution in [0.3, 0.4) is 0 Å². The summed E-state index contributed by atoms with van der Waals surface area (Å²) in [6.45, 7) is 5.06. The second-order valence-corrected chi connectivity index (χ2v) is 9.36. The van der Waals surface area contributed by atoms with Gasteiger partial charge in [-0.15, -0.1) is 0 Å². The van der Waals surface area contributed by atoms with Gasteiger partial charge in [0.25, 0.3) is 5.91 Å². The molecule has 0 spiro atoms. The molecule has 3 heterocycles. The number of carbonyl (C=O) groups is 1. The van der Waals surface area contributed by atoms with Crippen molar-refractivity contribution in [3.63, 3.8) is 0 Å². The van der Waals surface area contributed by atoms with Crippen molar-refractivity contribution in [2.24, 2.45) is 5.10 Å². The lowest BCUT2D eigenvalue weighted by molar-refractivity contribution is -0.134. The maximum atomic E-state index is 13.4. The average Bonchev–Trinajstić information content (AvgIpc) is 3.49. The number of halogens is 1. The van der Waals surface area contributed by atoms with E-state index in [0.717, 1.165) is 56.2 Å². The number of amides is 1. The standard InChI is InChI=1S/C27H29ClN4O2/c28-23-11-9-22(10-12-23)24-18-25(26-8-4-17-34-26)32(29-24)27(33)20-31-14-5-13-30(15-16-31)19-21-6-2-1-3-7-21/h1-4,6-12,17,25H,5,13-16,18-20H2. The highest BCUT2D eigenvalue weighted by atomic mass is 35.5. The van der Waals surface area contributed by atoms with Crippen LogP contribution in [-0.2, 0) is 11.3 Å². The predicted octanol–water partition coefficient (Wildman–Crippen LogP) is 4.82. The molecule has 1 amide bonds. The minimum Gasteiger partial charge on any atom is -0.467 e. The zero-order chi connectivity index (χ0) is 23.3. The third-order valence-electron chi connectivity index (χ3n) is 6.50. The van der Waals surface area contributed by atoms with Crippen LogP contribution in [0, 0.1) is 0 Å². The van der Waals surface area contributed by atoms with Crippen molar-refractivity contribution >= 4 is 23.2 Å². The number of rotatable bonds is 6. The van der Waals surface area contributed by atoms with E-state index in [2.05, 4.69) is 40.1 Å². The largest absolute Gasteiger partial charge is 0.467 e. The number of hydrogen-bond donors (Lipinski definition) is 0. The maximum Gasteiger partial charge on any atom is 0.257 e. The van der Waals surface area contributed by atoms with Gasteiger partial charge < -0.3 is 4.42 Å². The minimum atomic E-state index is -0.227. The van der Waals surface area contributed by atoms with Gasteiger partial charge >= 0.3 is 0 Å². The van der Waals surface area contributed by atoms with E-state index < -0.39 is 0 Å². The summed E-state index contributed by atoms with van der Waals surface area (Å²) in [5.74, 6) is 0.757. The van der Waals surface area contributed by atoms with Crippen molar-refractivity contribution in [1.82, 2.24) is 14.8 Å². The first-order valence-corrected chi connectivity index (χ1v) is 12.2. The molecule has 1 atom stereocenters. The molecule has 0 bridgehead atoms. The van der Waals surface area contributed by atoms with Crippen LogP contribution < -0.4 is 0 Å². The fourth-order valence-electron chi connectivity index (χ4n) is 4.71. The van der Waals surface area contributed by atoms with Crippen molar-refractivity contribution in [2.75, 3.05) is 32.7 Å². The quantitative estimate of drug-likeness (QED) is 0.512. The molecule has 1 fully saturated rings. The van der Waals surface area contributed by atoms with Gasteiger partial charge in [0.2, 0.25) is 0 Å². The molecule has 0 aliphatic carbocycles. The van der Waals surface area contributed by atoms with E-state index in [9.17, 15) is 4.79 Å². The van der Waals surface area contributed by atoms with Gasteiger partial charge in [0.1, 0.15) is 11.8 Å². The molecular weight excluding hydrogens is 448 g/mol. The molecule has 0 saturated carbocycles. The van der Waals surface area contributed by atoms with Crippen LogP contribution in [0.2, 0.25) is 5.02 Å². The van der Waals surface area contributed by atoms with E-state index in [1.807, 2.05) is 36.4 Å². The molecule has 1 unspecified atom stereocenters. The van der Waals surface area contributed by atoms with Crippen LogP contribution in [0.25, 0.3) is 0 Å². The summed E-state index contributed by atoms with van der Waals surface area (Å²) in [5.41, 5.74) is 3.17. The minimum absolute atomic E-state index is 0.00173. The summed E-state index contributed by atoms with van der Waals surface area (Å²) in [5, 5.41) is 7.05. The number of nitrogens with zero attached hydrogens (tertiary/aromatic N) is 4. The van der Waals surface area contributed by atoms with Crippen LogP contribution >= 0.6 is 11.6 Å². The summed E-state index contributed by atoms with van der Waals surface area (Å²) in [4.78, 5) is 18.2. The fraction of sp³-hybridized carbons (Fsp3) is 0.333. The molecule has 1 aromatic heterocycles. The second-order valence-electron chi connectivity index (χ2n) is 8.92. The van der Waals surface area contributed by atoms with Crippen molar-refractivity contribution in [3.8, 4) is 0 Å². The highest BCUT2D eigenvalue weighted by Gasteiger charge is 2.35. The Balaban J connectivity index is 1.25. The molecule has 3 aromatic rings. The lowest BCUT2D eigenvalue weighted by Crippen LogP contribution is -2.40. The molecule has 34 heavy (non-hydrogen) atoms. The Labute approximate surface area is 205 Å². The molecule has 2 aromatic carbocycles. The molecule has 6 nitrogen and oxygen atoms in total. The van der Waals surface area contributed by atoms with Crippen molar-refractivity contribution in [2.45, 2.75) is 25.4 Å². The first-order chi connectivity index (χ1) is 16.7. The zero-order valence-corrected chi connectivity index (χ0v) is 19.9. The van der Waals surface area contributed by atoms with Gasteiger partial charge in [0, 0.05) is 31.1 Å². The van der Waals surface area contributed by atoms with Crippen molar-refractivity contribution < 1.29 is 9.21 Å². The normalized spacial score (nSPS) is 19.7. The summed E-state index contributed by atoms with van der Waals surface area (Å²) < 4.78 is 5.67. The number of hydrogen-bond acceptors (Lipinski definition) is 5. The van der Waals surface area contributed by atoms with Gasteiger partial charge in [-0.2, -0.15) is 5.10 Å². The Morgan fingerprint density at radius 3 is 2.47 bits per heavy atom. The SMILES string of the molecule is O=C(CN1CCCN(Cc2ccccc2)CC1)N1N=C(c2ccc(Cl)cc2)CC1c1ccco1. The number of benzene rings is 2. The molecule has 0 N–H and O–H groups in total. The maximum absolute atomic E-state index is 13.4. The first kappa shape index (κ1) is 22.8. The smallest absolute Gasteiger partial charge is 0.257 e. The highest BCUT2D eigenvalue weighted by Crippen LogP contribution is 2.33. The van der Waals surface area contributed by atoms with E-state index in [1.54, 1.807) is 11.3 Å². The van der Waals surface area contributed by atoms with Gasteiger partial charge in [-0.3, -0.25) is 14.6 Å². The predicted molar refractivity (Wildman–Crippen MR) is 134 cm³/mol. The van der Waals surface area contributed by atoms with E-state index in [-0.39, 0.29) is 11.9 Å². The van der Waals surface area contributed by atoms with Crippen LogP contribution in [0.15, 0.2) is 82.5 Å². The molecule has 176 valence electrons. The molecule has 1 saturated heterocycles. The average molecular weight is 477 g/mol. The zero-order valence-electron chi connectivity index (χ0n) is 19.1. The van der Waals surface area contributed by atoms with Gasteiger partial charge in [-0.05, 0) is 54.9 Å². The van der Waals surface area contributed by atoms with Gasteiger partial charge in [0.15, 0.2) is 0 Å². The molecule has 0 radical (unpaired) electrons. The summed E-state index contributed by atoms with van der Waals surface area (Å²) in [7, 11) is 0. The third-order valence-corrected chi connectivity index (χ3v) is 6.76. The van der Waals surface area contributed by atoms with Crippen LogP contribution in [0.1, 0.15) is 35.8 Å². The third kappa shape index (κ3) is 5.41. The molecule has 5 rings (SSSR count).